The molecule has 106 valence electrons. The largest absolute Gasteiger partial charge is 0.508 e. The number of phenols is 1. The van der Waals surface area contributed by atoms with E-state index in [1.54, 1.807) is 24.3 Å². The zero-order chi connectivity index (χ0) is 14.8. The first-order chi connectivity index (χ1) is 9.39. The lowest BCUT2D eigenvalue weighted by Crippen LogP contribution is -2.26. The normalized spacial score (nSPS) is 11.7. The summed E-state index contributed by atoms with van der Waals surface area (Å²) < 4.78 is 25.9. The predicted octanol–water partition coefficient (Wildman–Crippen LogP) is 1.80. The molecule has 0 aliphatic carbocycles. The Bertz CT molecular complexity index is 697. The molecule has 0 radical (unpaired) electrons. The van der Waals surface area contributed by atoms with Gasteiger partial charge in [0.2, 0.25) is 10.0 Å². The number of aromatic hydroxyl groups is 1. The standard InChI is InChI=1S/C14H16N2O3S/c1-16(10-11-3-2-4-13(17)9-11)20(18,19)14-7-5-12(15)6-8-14/h2-9,17H,10,15H2,1H3. The van der Waals surface area contributed by atoms with Crippen molar-refractivity contribution in [1.29, 1.82) is 0 Å². The maximum atomic E-state index is 12.4. The van der Waals surface area contributed by atoms with Gasteiger partial charge in [-0.05, 0) is 42.0 Å². The summed E-state index contributed by atoms with van der Waals surface area (Å²) in [5.41, 5.74) is 6.78. The number of nitrogens with zero attached hydrogens (tertiary/aromatic N) is 1. The van der Waals surface area contributed by atoms with Crippen LogP contribution in [0, 0.1) is 0 Å². The van der Waals surface area contributed by atoms with Crippen molar-refractivity contribution in [2.24, 2.45) is 0 Å². The summed E-state index contributed by atoms with van der Waals surface area (Å²) in [4.78, 5) is 0.189. The molecule has 2 aromatic carbocycles. The second kappa shape index (κ2) is 5.52. The van der Waals surface area contributed by atoms with Gasteiger partial charge in [0.15, 0.2) is 0 Å². The van der Waals surface area contributed by atoms with E-state index in [2.05, 4.69) is 0 Å². The molecule has 5 nitrogen and oxygen atoms in total. The minimum Gasteiger partial charge on any atom is -0.508 e. The Labute approximate surface area is 118 Å². The van der Waals surface area contributed by atoms with Crippen molar-refractivity contribution in [3.63, 3.8) is 0 Å². The van der Waals surface area contributed by atoms with Crippen LogP contribution in [0.3, 0.4) is 0 Å². The number of phenolic OH excluding ortho intramolecular Hbond substituents is 1. The van der Waals surface area contributed by atoms with E-state index in [9.17, 15) is 13.5 Å². The van der Waals surface area contributed by atoms with Crippen LogP contribution in [0.4, 0.5) is 5.69 Å². The number of rotatable bonds is 4. The van der Waals surface area contributed by atoms with E-state index < -0.39 is 10.0 Å². The topological polar surface area (TPSA) is 83.6 Å². The summed E-state index contributed by atoms with van der Waals surface area (Å²) in [6.45, 7) is 0.182. The van der Waals surface area contributed by atoms with Gasteiger partial charge in [-0.1, -0.05) is 12.1 Å². The summed E-state index contributed by atoms with van der Waals surface area (Å²) in [6, 6.07) is 12.6. The Morgan fingerprint density at radius 2 is 1.80 bits per heavy atom. The molecule has 0 aliphatic rings. The van der Waals surface area contributed by atoms with Crippen LogP contribution in [0.2, 0.25) is 0 Å². The zero-order valence-electron chi connectivity index (χ0n) is 11.0. The predicted molar refractivity (Wildman–Crippen MR) is 77.6 cm³/mol. The number of nitrogens with two attached hydrogens (primary N) is 1. The second-order valence-electron chi connectivity index (χ2n) is 4.50. The average Bonchev–Trinajstić information content (AvgIpc) is 2.39. The van der Waals surface area contributed by atoms with Gasteiger partial charge in [0.05, 0.1) is 4.90 Å². The van der Waals surface area contributed by atoms with Crippen LogP contribution in [0.15, 0.2) is 53.4 Å². The van der Waals surface area contributed by atoms with Crippen LogP contribution in [-0.4, -0.2) is 24.9 Å². The smallest absolute Gasteiger partial charge is 0.243 e. The number of nitrogen functional groups attached to an aromatic ring is 1. The minimum absolute atomic E-state index is 0.112. The first kappa shape index (κ1) is 14.4. The Balaban J connectivity index is 2.23. The summed E-state index contributed by atoms with van der Waals surface area (Å²) in [6.07, 6.45) is 0. The van der Waals surface area contributed by atoms with E-state index in [1.165, 1.54) is 35.6 Å². The average molecular weight is 292 g/mol. The number of benzene rings is 2. The zero-order valence-corrected chi connectivity index (χ0v) is 11.8. The lowest BCUT2D eigenvalue weighted by atomic mass is 10.2. The highest BCUT2D eigenvalue weighted by Gasteiger charge is 2.20. The molecule has 0 amide bonds. The molecular formula is C14H16N2O3S. The fraction of sp³-hybridized carbons (Fsp3) is 0.143. The maximum absolute atomic E-state index is 12.4. The molecule has 0 aliphatic heterocycles. The van der Waals surface area contributed by atoms with Gasteiger partial charge in [-0.3, -0.25) is 0 Å². The molecule has 0 spiro atoms. The number of hydrogen-bond acceptors (Lipinski definition) is 4. The molecule has 0 saturated carbocycles. The first-order valence-corrected chi connectivity index (χ1v) is 7.43. The monoisotopic (exact) mass is 292 g/mol. The van der Waals surface area contributed by atoms with Crippen LogP contribution >= 0.6 is 0 Å². The lowest BCUT2D eigenvalue weighted by Gasteiger charge is -2.17. The summed E-state index contributed by atoms with van der Waals surface area (Å²) in [7, 11) is -2.07. The highest BCUT2D eigenvalue weighted by Crippen LogP contribution is 2.19. The number of sulfonamides is 1. The Morgan fingerprint density at radius 1 is 1.15 bits per heavy atom. The molecule has 2 rings (SSSR count). The molecule has 2 aromatic rings. The van der Waals surface area contributed by atoms with Crippen molar-refractivity contribution in [3.8, 4) is 5.75 Å². The van der Waals surface area contributed by atoms with E-state index in [0.717, 1.165) is 0 Å². The third-order valence-corrected chi connectivity index (χ3v) is 4.72. The maximum Gasteiger partial charge on any atom is 0.243 e. The molecule has 0 saturated heterocycles. The quantitative estimate of drug-likeness (QED) is 0.842. The lowest BCUT2D eigenvalue weighted by molar-refractivity contribution is 0.458. The summed E-state index contributed by atoms with van der Waals surface area (Å²) in [5, 5.41) is 9.39. The molecule has 0 unspecified atom stereocenters. The molecule has 0 bridgehead atoms. The molecule has 0 atom stereocenters. The molecule has 6 heteroatoms. The third kappa shape index (κ3) is 3.09. The van der Waals surface area contributed by atoms with Gasteiger partial charge < -0.3 is 10.8 Å². The van der Waals surface area contributed by atoms with Gasteiger partial charge >= 0.3 is 0 Å². The SMILES string of the molecule is CN(Cc1cccc(O)c1)S(=O)(=O)c1ccc(N)cc1. The fourth-order valence-electron chi connectivity index (χ4n) is 1.82. The molecular weight excluding hydrogens is 276 g/mol. The second-order valence-corrected chi connectivity index (χ2v) is 6.54. The van der Waals surface area contributed by atoms with Crippen molar-refractivity contribution >= 4 is 15.7 Å². The van der Waals surface area contributed by atoms with Gasteiger partial charge in [-0.25, -0.2) is 8.42 Å². The van der Waals surface area contributed by atoms with E-state index >= 15 is 0 Å². The molecule has 3 N–H and O–H groups in total. The van der Waals surface area contributed by atoms with E-state index in [4.69, 9.17) is 5.73 Å². The van der Waals surface area contributed by atoms with Gasteiger partial charge in [-0.2, -0.15) is 4.31 Å². The molecule has 0 aromatic heterocycles. The van der Waals surface area contributed by atoms with Crippen molar-refractivity contribution < 1.29 is 13.5 Å². The van der Waals surface area contributed by atoms with Crippen LogP contribution in [0.1, 0.15) is 5.56 Å². The van der Waals surface area contributed by atoms with E-state index in [-0.39, 0.29) is 17.2 Å². The van der Waals surface area contributed by atoms with Gasteiger partial charge in [0, 0.05) is 19.3 Å². The highest BCUT2D eigenvalue weighted by atomic mass is 32.2. The minimum atomic E-state index is -3.57. The van der Waals surface area contributed by atoms with Crippen molar-refractivity contribution in [2.75, 3.05) is 12.8 Å². The summed E-state index contributed by atoms with van der Waals surface area (Å²) in [5.74, 6) is 0.112. The molecule has 20 heavy (non-hydrogen) atoms. The molecule has 0 heterocycles. The molecule has 0 fully saturated rings. The van der Waals surface area contributed by atoms with Crippen molar-refractivity contribution in [1.82, 2.24) is 4.31 Å². The van der Waals surface area contributed by atoms with Crippen molar-refractivity contribution in [2.45, 2.75) is 11.4 Å². The van der Waals surface area contributed by atoms with Gasteiger partial charge in [0.25, 0.3) is 0 Å². The first-order valence-electron chi connectivity index (χ1n) is 5.99. The van der Waals surface area contributed by atoms with Crippen LogP contribution in [-0.2, 0) is 16.6 Å². The van der Waals surface area contributed by atoms with Crippen molar-refractivity contribution in [3.05, 3.63) is 54.1 Å². The number of anilines is 1. The van der Waals surface area contributed by atoms with Crippen LogP contribution < -0.4 is 5.73 Å². The van der Waals surface area contributed by atoms with Gasteiger partial charge in [0.1, 0.15) is 5.75 Å². The van der Waals surface area contributed by atoms with E-state index in [0.29, 0.717) is 11.3 Å². The van der Waals surface area contributed by atoms with Crippen LogP contribution in [0.25, 0.3) is 0 Å². The number of hydrogen-bond donors (Lipinski definition) is 2. The Morgan fingerprint density at radius 3 is 2.40 bits per heavy atom. The van der Waals surface area contributed by atoms with Gasteiger partial charge in [-0.15, -0.1) is 0 Å². The van der Waals surface area contributed by atoms with Crippen LogP contribution in [0.5, 0.6) is 5.75 Å². The Hall–Kier alpha value is -2.05. The highest BCUT2D eigenvalue weighted by molar-refractivity contribution is 7.89. The van der Waals surface area contributed by atoms with E-state index in [1.807, 2.05) is 0 Å². The third-order valence-electron chi connectivity index (χ3n) is 2.90. The fourth-order valence-corrected chi connectivity index (χ4v) is 2.98. The Kier molecular flexibility index (Phi) is 3.96. The summed E-state index contributed by atoms with van der Waals surface area (Å²) >= 11 is 0.